The van der Waals surface area contributed by atoms with Crippen LogP contribution in [0.3, 0.4) is 0 Å². The summed E-state index contributed by atoms with van der Waals surface area (Å²) in [4.78, 5) is 4.16. The molecular weight excluding hydrogens is 184 g/mol. The summed E-state index contributed by atoms with van der Waals surface area (Å²) in [6.45, 7) is 0.807. The molecule has 0 amide bonds. The van der Waals surface area contributed by atoms with E-state index in [0.717, 1.165) is 25.9 Å². The topological polar surface area (TPSA) is 68.4 Å². The first-order valence-corrected chi connectivity index (χ1v) is 4.95. The van der Waals surface area contributed by atoms with Crippen LogP contribution in [0.1, 0.15) is 37.1 Å². The van der Waals surface area contributed by atoms with E-state index in [-0.39, 0.29) is 12.7 Å². The van der Waals surface area contributed by atoms with E-state index >= 15 is 0 Å². The zero-order valence-electron chi connectivity index (χ0n) is 7.98. The van der Waals surface area contributed by atoms with Crippen LogP contribution in [0.25, 0.3) is 0 Å². The van der Waals surface area contributed by atoms with Crippen molar-refractivity contribution in [2.24, 2.45) is 0 Å². The lowest BCUT2D eigenvalue weighted by Crippen LogP contribution is -2.12. The molecule has 5 nitrogen and oxygen atoms in total. The molecule has 0 aromatic carbocycles. The molecule has 1 saturated heterocycles. The molecule has 14 heavy (non-hydrogen) atoms. The van der Waals surface area contributed by atoms with Crippen LogP contribution in [0, 0.1) is 0 Å². The summed E-state index contributed by atoms with van der Waals surface area (Å²) in [5.41, 5.74) is 0. The molecule has 1 aromatic rings. The predicted octanol–water partition coefficient (Wildman–Crippen LogP) is 0.846. The van der Waals surface area contributed by atoms with Crippen molar-refractivity contribution in [3.8, 4) is 0 Å². The molecule has 2 heterocycles. The number of hydrogen-bond donors (Lipinski definition) is 1. The van der Waals surface area contributed by atoms with E-state index in [0.29, 0.717) is 18.1 Å². The normalized spacial score (nSPS) is 22.5. The zero-order valence-corrected chi connectivity index (χ0v) is 7.98. The van der Waals surface area contributed by atoms with E-state index in [4.69, 9.17) is 14.4 Å². The third-order valence-electron chi connectivity index (χ3n) is 2.28. The lowest BCUT2D eigenvalue weighted by atomic mass is 10.1. The summed E-state index contributed by atoms with van der Waals surface area (Å²) in [6, 6.07) is 0. The monoisotopic (exact) mass is 198 g/mol. The zero-order chi connectivity index (χ0) is 9.80. The second kappa shape index (κ2) is 4.52. The summed E-state index contributed by atoms with van der Waals surface area (Å²) >= 11 is 0. The van der Waals surface area contributed by atoms with Gasteiger partial charge in [0.1, 0.15) is 6.10 Å². The quantitative estimate of drug-likeness (QED) is 0.779. The van der Waals surface area contributed by atoms with E-state index in [1.807, 2.05) is 0 Å². The Labute approximate surface area is 82.1 Å². The molecule has 1 atom stereocenters. The van der Waals surface area contributed by atoms with Crippen molar-refractivity contribution in [1.29, 1.82) is 0 Å². The maximum atomic E-state index is 8.68. The van der Waals surface area contributed by atoms with Gasteiger partial charge in [0.15, 0.2) is 0 Å². The van der Waals surface area contributed by atoms with Crippen molar-refractivity contribution in [3.63, 3.8) is 0 Å². The van der Waals surface area contributed by atoms with Crippen LogP contribution in [0.2, 0.25) is 0 Å². The minimum atomic E-state index is -0.0139. The van der Waals surface area contributed by atoms with Crippen LogP contribution < -0.4 is 0 Å². The standard InChI is InChI=1S/C9H14N2O3/c12-5-4-8-10-9(11-14-8)7-3-1-2-6-13-7/h7,12H,1-6H2. The van der Waals surface area contributed by atoms with Crippen molar-refractivity contribution in [3.05, 3.63) is 11.7 Å². The molecule has 0 saturated carbocycles. The molecular formula is C9H14N2O3. The largest absolute Gasteiger partial charge is 0.396 e. The molecule has 0 bridgehead atoms. The molecule has 1 aliphatic rings. The van der Waals surface area contributed by atoms with Crippen LogP contribution in [-0.4, -0.2) is 28.5 Å². The number of aliphatic hydroxyl groups excluding tert-OH is 1. The Morgan fingerprint density at radius 3 is 3.07 bits per heavy atom. The molecule has 0 radical (unpaired) electrons. The lowest BCUT2D eigenvalue weighted by Gasteiger charge is -2.18. The van der Waals surface area contributed by atoms with E-state index in [9.17, 15) is 0 Å². The molecule has 78 valence electrons. The van der Waals surface area contributed by atoms with Crippen molar-refractivity contribution < 1.29 is 14.4 Å². The van der Waals surface area contributed by atoms with Gasteiger partial charge >= 0.3 is 0 Å². The Hall–Kier alpha value is -0.940. The predicted molar refractivity (Wildman–Crippen MR) is 47.6 cm³/mol. The van der Waals surface area contributed by atoms with Crippen LogP contribution >= 0.6 is 0 Å². The van der Waals surface area contributed by atoms with Crippen LogP contribution in [0.4, 0.5) is 0 Å². The Bertz CT molecular complexity index is 281. The van der Waals surface area contributed by atoms with E-state index in [2.05, 4.69) is 10.1 Å². The van der Waals surface area contributed by atoms with Gasteiger partial charge in [-0.25, -0.2) is 0 Å². The van der Waals surface area contributed by atoms with Crippen LogP contribution in [0.5, 0.6) is 0 Å². The molecule has 1 fully saturated rings. The average molecular weight is 198 g/mol. The summed E-state index contributed by atoms with van der Waals surface area (Å²) in [6.07, 6.45) is 3.62. The summed E-state index contributed by atoms with van der Waals surface area (Å²) in [5.74, 6) is 1.10. The minimum Gasteiger partial charge on any atom is -0.396 e. The summed E-state index contributed by atoms with van der Waals surface area (Å²) in [5, 5.41) is 12.5. The van der Waals surface area contributed by atoms with Crippen LogP contribution in [0.15, 0.2) is 4.52 Å². The lowest BCUT2D eigenvalue weighted by molar-refractivity contribution is 0.00821. The highest BCUT2D eigenvalue weighted by Crippen LogP contribution is 2.25. The summed E-state index contributed by atoms with van der Waals surface area (Å²) in [7, 11) is 0. The first kappa shape index (κ1) is 9.61. The molecule has 5 heteroatoms. The molecule has 2 rings (SSSR count). The number of nitrogens with zero attached hydrogens (tertiary/aromatic N) is 2. The highest BCUT2D eigenvalue weighted by Gasteiger charge is 2.21. The Kier molecular flexibility index (Phi) is 3.10. The average Bonchev–Trinajstić information content (AvgIpc) is 2.68. The first-order chi connectivity index (χ1) is 6.90. The number of aromatic nitrogens is 2. The van der Waals surface area contributed by atoms with Crippen molar-refractivity contribution in [2.75, 3.05) is 13.2 Å². The van der Waals surface area contributed by atoms with Gasteiger partial charge in [0.05, 0.1) is 13.0 Å². The van der Waals surface area contributed by atoms with Gasteiger partial charge in [-0.1, -0.05) is 5.16 Å². The number of ether oxygens (including phenoxy) is 1. The third-order valence-corrected chi connectivity index (χ3v) is 2.28. The van der Waals surface area contributed by atoms with Crippen molar-refractivity contribution in [2.45, 2.75) is 31.8 Å². The second-order valence-corrected chi connectivity index (χ2v) is 3.38. The van der Waals surface area contributed by atoms with Gasteiger partial charge in [-0.05, 0) is 19.3 Å². The Balaban J connectivity index is 2.00. The van der Waals surface area contributed by atoms with E-state index < -0.39 is 0 Å². The molecule has 1 N–H and O–H groups in total. The van der Waals surface area contributed by atoms with Gasteiger partial charge in [0, 0.05) is 6.61 Å². The molecule has 1 unspecified atom stereocenters. The molecule has 0 spiro atoms. The number of aliphatic hydroxyl groups is 1. The van der Waals surface area contributed by atoms with Gasteiger partial charge in [-0.2, -0.15) is 4.98 Å². The van der Waals surface area contributed by atoms with Crippen molar-refractivity contribution in [1.82, 2.24) is 10.1 Å². The van der Waals surface area contributed by atoms with Gasteiger partial charge in [0.2, 0.25) is 11.7 Å². The van der Waals surface area contributed by atoms with Gasteiger partial charge < -0.3 is 14.4 Å². The van der Waals surface area contributed by atoms with Gasteiger partial charge in [0.25, 0.3) is 0 Å². The number of hydrogen-bond acceptors (Lipinski definition) is 5. The van der Waals surface area contributed by atoms with E-state index in [1.165, 1.54) is 0 Å². The smallest absolute Gasteiger partial charge is 0.229 e. The Morgan fingerprint density at radius 2 is 2.36 bits per heavy atom. The maximum Gasteiger partial charge on any atom is 0.229 e. The second-order valence-electron chi connectivity index (χ2n) is 3.38. The fourth-order valence-corrected chi connectivity index (χ4v) is 1.54. The molecule has 1 aromatic heterocycles. The highest BCUT2D eigenvalue weighted by molar-refractivity contribution is 4.92. The minimum absolute atomic E-state index is 0.0139. The molecule has 0 aliphatic carbocycles. The fraction of sp³-hybridized carbons (Fsp3) is 0.778. The maximum absolute atomic E-state index is 8.68. The fourth-order valence-electron chi connectivity index (χ4n) is 1.54. The van der Waals surface area contributed by atoms with E-state index in [1.54, 1.807) is 0 Å². The summed E-state index contributed by atoms with van der Waals surface area (Å²) < 4.78 is 10.5. The van der Waals surface area contributed by atoms with Gasteiger partial charge in [-0.15, -0.1) is 0 Å². The highest BCUT2D eigenvalue weighted by atomic mass is 16.5. The van der Waals surface area contributed by atoms with Gasteiger partial charge in [-0.3, -0.25) is 0 Å². The first-order valence-electron chi connectivity index (χ1n) is 4.95. The Morgan fingerprint density at radius 1 is 1.43 bits per heavy atom. The van der Waals surface area contributed by atoms with Crippen LogP contribution in [-0.2, 0) is 11.2 Å². The SMILES string of the molecule is OCCc1nc(C2CCCCO2)no1. The third kappa shape index (κ3) is 2.10. The van der Waals surface area contributed by atoms with Crippen molar-refractivity contribution >= 4 is 0 Å². The number of rotatable bonds is 3. The molecule has 1 aliphatic heterocycles.